The summed E-state index contributed by atoms with van der Waals surface area (Å²) in [5.74, 6) is -0.996. The Kier molecular flexibility index (Phi) is 6.39. The number of benzene rings is 1. The van der Waals surface area contributed by atoms with Crippen LogP contribution in [0.4, 0.5) is 0 Å². The van der Waals surface area contributed by atoms with Gasteiger partial charge in [0.2, 0.25) is 5.60 Å². The number of aliphatic hydroxyl groups excluding tert-OH is 1. The molecule has 3 aliphatic heterocycles. The molecule has 2 N–H and O–H groups in total. The number of esters is 1. The molecule has 4 aliphatic rings. The summed E-state index contributed by atoms with van der Waals surface area (Å²) in [5.41, 5.74) is -0.586. The summed E-state index contributed by atoms with van der Waals surface area (Å²) in [4.78, 5) is 26.9. The molecule has 3 fully saturated rings. The van der Waals surface area contributed by atoms with E-state index in [-0.39, 0.29) is 41.4 Å². The van der Waals surface area contributed by atoms with Crippen LogP contribution in [0.25, 0.3) is 0 Å². The third-order valence-electron chi connectivity index (χ3n) is 8.85. The van der Waals surface area contributed by atoms with E-state index in [1.54, 1.807) is 0 Å². The molecule has 1 aromatic rings. The van der Waals surface area contributed by atoms with Crippen molar-refractivity contribution in [3.63, 3.8) is 0 Å². The Balaban J connectivity index is 1.56. The molecule has 0 aromatic heterocycles. The first-order valence-corrected chi connectivity index (χ1v) is 13.0. The van der Waals surface area contributed by atoms with Gasteiger partial charge < -0.3 is 19.9 Å². The Bertz CT molecular complexity index is 1020. The maximum absolute atomic E-state index is 13.8. The highest BCUT2D eigenvalue weighted by atomic mass is 16.6. The molecule has 35 heavy (non-hydrogen) atoms. The summed E-state index contributed by atoms with van der Waals surface area (Å²) >= 11 is 0. The van der Waals surface area contributed by atoms with Gasteiger partial charge in [-0.05, 0) is 49.7 Å². The minimum Gasteiger partial charge on any atom is -0.445 e. The lowest BCUT2D eigenvalue weighted by molar-refractivity contribution is -0.177. The van der Waals surface area contributed by atoms with Crippen LogP contribution in [0.5, 0.6) is 0 Å². The van der Waals surface area contributed by atoms with Crippen molar-refractivity contribution in [2.45, 2.75) is 82.3 Å². The summed E-state index contributed by atoms with van der Waals surface area (Å²) in [6.45, 7) is 6.44. The molecule has 188 valence electrons. The number of epoxide rings is 1. The van der Waals surface area contributed by atoms with Crippen LogP contribution >= 0.6 is 0 Å². The van der Waals surface area contributed by atoms with Gasteiger partial charge in [0.05, 0.1) is 23.7 Å². The van der Waals surface area contributed by atoms with Gasteiger partial charge in [0, 0.05) is 18.0 Å². The monoisotopic (exact) mass is 479 g/mol. The third kappa shape index (κ3) is 4.25. The molecule has 9 unspecified atom stereocenters. The quantitative estimate of drug-likeness (QED) is 0.383. The van der Waals surface area contributed by atoms with Gasteiger partial charge in [-0.15, -0.1) is 0 Å². The van der Waals surface area contributed by atoms with Gasteiger partial charge in [0.1, 0.15) is 0 Å². The number of carbonyl (C=O) groups excluding carboxylic acids is 2. The lowest BCUT2D eigenvalue weighted by atomic mass is 9.59. The van der Waals surface area contributed by atoms with E-state index in [0.717, 1.165) is 24.8 Å². The number of amides is 1. The highest BCUT2D eigenvalue weighted by Crippen LogP contribution is 2.63. The van der Waals surface area contributed by atoms with Crippen molar-refractivity contribution < 1.29 is 24.2 Å². The van der Waals surface area contributed by atoms with Crippen molar-refractivity contribution in [1.82, 2.24) is 5.32 Å². The van der Waals surface area contributed by atoms with Crippen molar-refractivity contribution in [2.75, 3.05) is 0 Å². The Hall–Kier alpha value is -2.44. The molecule has 2 saturated heterocycles. The van der Waals surface area contributed by atoms with E-state index in [4.69, 9.17) is 9.47 Å². The molecule has 0 bridgehead atoms. The number of aliphatic hydroxyl groups is 1. The fraction of sp³-hybridized carbons (Fsp3) is 0.586. The Labute approximate surface area is 207 Å². The van der Waals surface area contributed by atoms with Crippen LogP contribution in [0.3, 0.4) is 0 Å². The van der Waals surface area contributed by atoms with Crippen LogP contribution in [0.15, 0.2) is 54.6 Å². The first-order chi connectivity index (χ1) is 16.8. The number of fused-ring (bicyclic) bond motifs is 2. The first-order valence-electron chi connectivity index (χ1n) is 13.0. The average Bonchev–Trinajstić information content (AvgIpc) is 3.45. The fourth-order valence-electron chi connectivity index (χ4n) is 6.74. The molecule has 3 heterocycles. The molecule has 1 aromatic carbocycles. The van der Waals surface area contributed by atoms with E-state index in [1.165, 1.54) is 12.2 Å². The minimum atomic E-state index is -1.35. The minimum absolute atomic E-state index is 0.00462. The Morgan fingerprint density at radius 1 is 1.11 bits per heavy atom. The van der Waals surface area contributed by atoms with Crippen LogP contribution in [-0.2, 0) is 25.5 Å². The summed E-state index contributed by atoms with van der Waals surface area (Å²) in [7, 11) is 0. The van der Waals surface area contributed by atoms with Crippen LogP contribution < -0.4 is 5.32 Å². The van der Waals surface area contributed by atoms with Crippen molar-refractivity contribution in [2.24, 2.45) is 23.7 Å². The number of rotatable bonds is 2. The SMILES string of the molecule is CC1C/C=C/C2C3OC3(C)C(C)C3C(Cc4ccccc4)NC(=O)C23OC(=O)/C=C/C(O)CCC1. The van der Waals surface area contributed by atoms with Gasteiger partial charge in [-0.1, -0.05) is 69.2 Å². The Morgan fingerprint density at radius 3 is 2.66 bits per heavy atom. The zero-order valence-electron chi connectivity index (χ0n) is 20.9. The largest absolute Gasteiger partial charge is 0.445 e. The van der Waals surface area contributed by atoms with E-state index in [9.17, 15) is 14.7 Å². The number of carbonyl (C=O) groups is 2. The number of ether oxygens (including phenoxy) is 2. The van der Waals surface area contributed by atoms with E-state index in [2.05, 4.69) is 50.4 Å². The van der Waals surface area contributed by atoms with Crippen molar-refractivity contribution >= 4 is 11.9 Å². The molecular formula is C29H37NO5. The van der Waals surface area contributed by atoms with Crippen LogP contribution in [0.1, 0.15) is 52.0 Å². The summed E-state index contributed by atoms with van der Waals surface area (Å²) in [6, 6.07) is 9.91. The zero-order chi connectivity index (χ0) is 24.8. The molecule has 6 nitrogen and oxygen atoms in total. The molecule has 1 spiro atoms. The fourth-order valence-corrected chi connectivity index (χ4v) is 6.74. The van der Waals surface area contributed by atoms with E-state index in [1.807, 2.05) is 18.2 Å². The van der Waals surface area contributed by atoms with Crippen molar-refractivity contribution in [1.29, 1.82) is 0 Å². The average molecular weight is 480 g/mol. The maximum Gasteiger partial charge on any atom is 0.331 e. The summed E-state index contributed by atoms with van der Waals surface area (Å²) in [6.07, 6.45) is 10.1. The number of hydrogen-bond acceptors (Lipinski definition) is 5. The Morgan fingerprint density at radius 2 is 1.89 bits per heavy atom. The molecule has 5 rings (SSSR count). The third-order valence-corrected chi connectivity index (χ3v) is 8.85. The van der Waals surface area contributed by atoms with Gasteiger partial charge in [-0.2, -0.15) is 0 Å². The van der Waals surface area contributed by atoms with Crippen LogP contribution in [0, 0.1) is 23.7 Å². The molecule has 1 aliphatic carbocycles. The predicted molar refractivity (Wildman–Crippen MR) is 132 cm³/mol. The number of nitrogens with one attached hydrogen (secondary N) is 1. The second kappa shape index (κ2) is 9.21. The van der Waals surface area contributed by atoms with Crippen LogP contribution in [0.2, 0.25) is 0 Å². The molecular weight excluding hydrogens is 442 g/mol. The van der Waals surface area contributed by atoms with Crippen LogP contribution in [-0.4, -0.2) is 46.4 Å². The van der Waals surface area contributed by atoms with Gasteiger partial charge in [-0.3, -0.25) is 4.79 Å². The van der Waals surface area contributed by atoms with Crippen molar-refractivity contribution in [3.8, 4) is 0 Å². The lowest BCUT2D eigenvalue weighted by Crippen LogP contribution is -2.61. The standard InChI is InChI=1S/C29H37NO5/c1-18-9-7-13-21(31)15-16-24(32)34-29-22(14-8-10-18)26-28(3,35-26)19(2)25(29)23(30-27(29)33)17-20-11-5-4-6-12-20/h4-6,8,11-12,14-16,18-19,21-23,25-26,31H,7,9-10,13,17H2,1-3H3,(H,30,33)/b14-8+,16-15+. The normalized spacial score (nSPS) is 45.1. The number of allylic oxidation sites excluding steroid dienone is 1. The van der Waals surface area contributed by atoms with Gasteiger partial charge in [0.15, 0.2) is 0 Å². The maximum atomic E-state index is 13.8. The van der Waals surface area contributed by atoms with E-state index >= 15 is 0 Å². The smallest absolute Gasteiger partial charge is 0.331 e. The molecule has 1 amide bonds. The second-order valence-corrected chi connectivity index (χ2v) is 11.2. The first kappa shape index (κ1) is 24.3. The topological polar surface area (TPSA) is 88.2 Å². The second-order valence-electron chi connectivity index (χ2n) is 11.2. The highest BCUT2D eigenvalue weighted by molar-refractivity contribution is 5.94. The summed E-state index contributed by atoms with van der Waals surface area (Å²) in [5, 5.41) is 13.5. The summed E-state index contributed by atoms with van der Waals surface area (Å²) < 4.78 is 12.5. The van der Waals surface area contributed by atoms with E-state index in [0.29, 0.717) is 18.8 Å². The number of hydrogen-bond donors (Lipinski definition) is 2. The predicted octanol–water partition coefficient (Wildman–Crippen LogP) is 3.73. The van der Waals surface area contributed by atoms with Gasteiger partial charge in [-0.25, -0.2) is 4.79 Å². The highest BCUT2D eigenvalue weighted by Gasteiger charge is 2.78. The molecule has 1 saturated carbocycles. The van der Waals surface area contributed by atoms with Gasteiger partial charge >= 0.3 is 5.97 Å². The molecule has 6 heteroatoms. The zero-order valence-corrected chi connectivity index (χ0v) is 20.9. The molecule has 9 atom stereocenters. The lowest BCUT2D eigenvalue weighted by Gasteiger charge is -2.45. The van der Waals surface area contributed by atoms with Crippen molar-refractivity contribution in [3.05, 3.63) is 60.2 Å². The molecule has 0 radical (unpaired) electrons. The van der Waals surface area contributed by atoms with Gasteiger partial charge in [0.25, 0.3) is 5.91 Å². The van der Waals surface area contributed by atoms with E-state index < -0.39 is 17.7 Å².